The SMILES string of the molecule is CS(=O)(=O)c1cccc(NC2CCSC2)c1[N+](=O)[O-]. The van der Waals surface area contributed by atoms with Gasteiger partial charge in [-0.15, -0.1) is 0 Å². The fourth-order valence-electron chi connectivity index (χ4n) is 1.99. The minimum Gasteiger partial charge on any atom is -0.376 e. The molecule has 2 rings (SSSR count). The van der Waals surface area contributed by atoms with Crippen molar-refractivity contribution in [1.29, 1.82) is 0 Å². The zero-order chi connectivity index (χ0) is 14.0. The summed E-state index contributed by atoms with van der Waals surface area (Å²) in [5.74, 6) is 1.89. The molecule has 1 N–H and O–H groups in total. The number of rotatable bonds is 4. The zero-order valence-corrected chi connectivity index (χ0v) is 12.0. The van der Waals surface area contributed by atoms with Crippen molar-refractivity contribution >= 4 is 33.0 Å². The van der Waals surface area contributed by atoms with Crippen LogP contribution in [0.1, 0.15) is 6.42 Å². The molecular formula is C11H14N2O4S2. The van der Waals surface area contributed by atoms with Gasteiger partial charge >= 0.3 is 5.69 Å². The Balaban J connectivity index is 2.45. The van der Waals surface area contributed by atoms with E-state index in [0.29, 0.717) is 0 Å². The number of para-hydroxylation sites is 1. The van der Waals surface area contributed by atoms with Crippen molar-refractivity contribution in [2.24, 2.45) is 0 Å². The van der Waals surface area contributed by atoms with Crippen LogP contribution < -0.4 is 5.32 Å². The van der Waals surface area contributed by atoms with E-state index in [1.54, 1.807) is 17.8 Å². The second-order valence-electron chi connectivity index (χ2n) is 4.39. The molecule has 1 saturated heterocycles. The number of hydrogen-bond donors (Lipinski definition) is 1. The van der Waals surface area contributed by atoms with Crippen LogP contribution in [0.3, 0.4) is 0 Å². The summed E-state index contributed by atoms with van der Waals surface area (Å²) in [7, 11) is -3.62. The van der Waals surface area contributed by atoms with Crippen LogP contribution in [-0.2, 0) is 9.84 Å². The fourth-order valence-corrected chi connectivity index (χ4v) is 4.01. The van der Waals surface area contributed by atoms with E-state index in [1.807, 2.05) is 0 Å². The van der Waals surface area contributed by atoms with Gasteiger partial charge in [0.1, 0.15) is 10.6 Å². The molecule has 0 amide bonds. The smallest absolute Gasteiger partial charge is 0.310 e. The predicted octanol–water partition coefficient (Wildman–Crippen LogP) is 1.92. The molecule has 6 nitrogen and oxygen atoms in total. The summed E-state index contributed by atoms with van der Waals surface area (Å²) in [6, 6.07) is 4.49. The molecule has 1 aromatic rings. The van der Waals surface area contributed by atoms with E-state index in [4.69, 9.17) is 0 Å². The first-order chi connectivity index (χ1) is 8.89. The molecule has 1 aliphatic rings. The van der Waals surface area contributed by atoms with Crippen molar-refractivity contribution in [3.63, 3.8) is 0 Å². The first kappa shape index (κ1) is 14.1. The summed E-state index contributed by atoms with van der Waals surface area (Å²) in [4.78, 5) is 10.3. The lowest BCUT2D eigenvalue weighted by Gasteiger charge is -2.14. The Morgan fingerprint density at radius 3 is 2.74 bits per heavy atom. The van der Waals surface area contributed by atoms with Crippen molar-refractivity contribution < 1.29 is 13.3 Å². The summed E-state index contributed by atoms with van der Waals surface area (Å²) in [6.45, 7) is 0. The lowest BCUT2D eigenvalue weighted by atomic mass is 10.2. The Morgan fingerprint density at radius 1 is 1.47 bits per heavy atom. The van der Waals surface area contributed by atoms with E-state index in [2.05, 4.69) is 5.32 Å². The molecule has 0 aliphatic carbocycles. The third-order valence-corrected chi connectivity index (χ3v) is 5.16. The molecule has 0 bridgehead atoms. The summed E-state index contributed by atoms with van der Waals surface area (Å²) < 4.78 is 23.2. The van der Waals surface area contributed by atoms with Crippen molar-refractivity contribution in [2.75, 3.05) is 23.1 Å². The molecule has 0 aromatic heterocycles. The molecule has 0 saturated carbocycles. The van der Waals surface area contributed by atoms with Crippen LogP contribution in [0.2, 0.25) is 0 Å². The van der Waals surface area contributed by atoms with Crippen LogP contribution in [0.25, 0.3) is 0 Å². The van der Waals surface area contributed by atoms with Gasteiger partial charge in [0, 0.05) is 18.1 Å². The summed E-state index contributed by atoms with van der Waals surface area (Å²) in [6.07, 6.45) is 1.90. The minimum absolute atomic E-state index is 0.151. The van der Waals surface area contributed by atoms with Gasteiger partial charge in [0.25, 0.3) is 0 Å². The van der Waals surface area contributed by atoms with Crippen LogP contribution in [0.5, 0.6) is 0 Å². The fraction of sp³-hybridized carbons (Fsp3) is 0.455. The molecule has 19 heavy (non-hydrogen) atoms. The highest BCUT2D eigenvalue weighted by Crippen LogP contribution is 2.33. The van der Waals surface area contributed by atoms with Crippen molar-refractivity contribution in [3.8, 4) is 0 Å². The number of thioether (sulfide) groups is 1. The van der Waals surface area contributed by atoms with Crippen LogP contribution in [0, 0.1) is 10.1 Å². The maximum atomic E-state index is 11.6. The van der Waals surface area contributed by atoms with Gasteiger partial charge in [-0.1, -0.05) is 6.07 Å². The molecule has 1 fully saturated rings. The van der Waals surface area contributed by atoms with E-state index in [1.165, 1.54) is 12.1 Å². The number of nitrogens with one attached hydrogen (secondary N) is 1. The summed E-state index contributed by atoms with van der Waals surface area (Å²) in [5.41, 5.74) is -0.0812. The molecule has 104 valence electrons. The first-order valence-corrected chi connectivity index (χ1v) is 8.76. The molecule has 1 atom stereocenters. The van der Waals surface area contributed by atoms with Gasteiger partial charge in [-0.25, -0.2) is 8.42 Å². The van der Waals surface area contributed by atoms with E-state index in [0.717, 1.165) is 24.2 Å². The van der Waals surface area contributed by atoms with Crippen molar-refractivity contribution in [1.82, 2.24) is 0 Å². The maximum Gasteiger partial charge on any atom is 0.310 e. The Labute approximate surface area is 115 Å². The van der Waals surface area contributed by atoms with Crippen LogP contribution in [0.4, 0.5) is 11.4 Å². The third kappa shape index (κ3) is 3.19. The molecule has 1 heterocycles. The van der Waals surface area contributed by atoms with E-state index >= 15 is 0 Å². The summed E-state index contributed by atoms with van der Waals surface area (Å²) >= 11 is 1.77. The minimum atomic E-state index is -3.62. The quantitative estimate of drug-likeness (QED) is 0.675. The number of anilines is 1. The highest BCUT2D eigenvalue weighted by molar-refractivity contribution is 7.99. The lowest BCUT2D eigenvalue weighted by Crippen LogP contribution is -2.19. The van der Waals surface area contributed by atoms with Gasteiger partial charge < -0.3 is 5.32 Å². The molecule has 0 radical (unpaired) electrons. The lowest BCUT2D eigenvalue weighted by molar-refractivity contribution is -0.386. The molecule has 1 unspecified atom stereocenters. The Morgan fingerprint density at radius 2 is 2.21 bits per heavy atom. The average molecular weight is 302 g/mol. The van der Waals surface area contributed by atoms with Gasteiger partial charge in [-0.2, -0.15) is 11.8 Å². The molecule has 1 aromatic carbocycles. The van der Waals surface area contributed by atoms with Gasteiger partial charge in [0.15, 0.2) is 9.84 Å². The number of benzene rings is 1. The first-order valence-electron chi connectivity index (χ1n) is 5.71. The molecular weight excluding hydrogens is 288 g/mol. The molecule has 1 aliphatic heterocycles. The van der Waals surface area contributed by atoms with Crippen LogP contribution >= 0.6 is 11.8 Å². The van der Waals surface area contributed by atoms with E-state index in [-0.39, 0.29) is 22.3 Å². The monoisotopic (exact) mass is 302 g/mol. The van der Waals surface area contributed by atoms with Gasteiger partial charge in [-0.3, -0.25) is 10.1 Å². The maximum absolute atomic E-state index is 11.6. The van der Waals surface area contributed by atoms with Gasteiger partial charge in [0.2, 0.25) is 0 Å². The molecule has 8 heteroatoms. The highest BCUT2D eigenvalue weighted by atomic mass is 32.2. The highest BCUT2D eigenvalue weighted by Gasteiger charge is 2.27. The number of nitro benzene ring substituents is 1. The predicted molar refractivity (Wildman–Crippen MR) is 75.6 cm³/mol. The zero-order valence-electron chi connectivity index (χ0n) is 10.3. The number of nitro groups is 1. The number of nitrogens with zero attached hydrogens (tertiary/aromatic N) is 1. The second-order valence-corrected chi connectivity index (χ2v) is 7.52. The average Bonchev–Trinajstić information content (AvgIpc) is 2.80. The van der Waals surface area contributed by atoms with Gasteiger partial charge in [-0.05, 0) is 24.3 Å². The van der Waals surface area contributed by atoms with Crippen molar-refractivity contribution in [2.45, 2.75) is 17.4 Å². The Hall–Kier alpha value is -1.28. The van der Waals surface area contributed by atoms with Crippen molar-refractivity contribution in [3.05, 3.63) is 28.3 Å². The third-order valence-electron chi connectivity index (χ3n) is 2.87. The Bertz CT molecular complexity index is 595. The van der Waals surface area contributed by atoms with Crippen LogP contribution in [-0.4, -0.2) is 37.1 Å². The van der Waals surface area contributed by atoms with E-state index in [9.17, 15) is 18.5 Å². The topological polar surface area (TPSA) is 89.3 Å². The number of hydrogen-bond acceptors (Lipinski definition) is 6. The molecule has 0 spiro atoms. The Kier molecular flexibility index (Phi) is 4.00. The summed E-state index contributed by atoms with van der Waals surface area (Å²) in [5, 5.41) is 14.2. The largest absolute Gasteiger partial charge is 0.376 e. The van der Waals surface area contributed by atoms with E-state index < -0.39 is 14.8 Å². The second kappa shape index (κ2) is 5.38. The van der Waals surface area contributed by atoms with Crippen LogP contribution in [0.15, 0.2) is 23.1 Å². The standard InChI is InChI=1S/C11H14N2O4S2/c1-19(16,17)10-4-2-3-9(11(10)13(14)15)12-8-5-6-18-7-8/h2-4,8,12H,5-7H2,1H3. The van der Waals surface area contributed by atoms with Gasteiger partial charge in [0.05, 0.1) is 4.92 Å². The normalized spacial score (nSPS) is 19.3. The number of sulfone groups is 1.